The minimum atomic E-state index is -3.91. The summed E-state index contributed by atoms with van der Waals surface area (Å²) in [5, 5.41) is 18.7. The van der Waals surface area contributed by atoms with Crippen LogP contribution in [-0.2, 0) is 19.0 Å². The molecule has 1 aromatic carbocycles. The number of benzene rings is 1. The van der Waals surface area contributed by atoms with Gasteiger partial charge in [0.1, 0.15) is 5.72 Å². The number of aryl methyl sites for hydroxylation is 1. The Morgan fingerprint density at radius 1 is 1.36 bits per heavy atom. The number of nitrogens with zero attached hydrogens (tertiary/aromatic N) is 1. The Morgan fingerprint density at radius 3 is 2.57 bits per heavy atom. The summed E-state index contributed by atoms with van der Waals surface area (Å²) in [4.78, 5) is 13.0. The van der Waals surface area contributed by atoms with Crippen LogP contribution in [-0.4, -0.2) is 61.2 Å². The molecule has 1 aliphatic heterocycles. The van der Waals surface area contributed by atoms with Gasteiger partial charge in [0.15, 0.2) is 0 Å². The molecule has 0 aromatic heterocycles. The van der Waals surface area contributed by atoms with Crippen molar-refractivity contribution < 1.29 is 32.3 Å². The molecule has 1 aromatic rings. The van der Waals surface area contributed by atoms with E-state index < -0.39 is 28.0 Å². The van der Waals surface area contributed by atoms with E-state index in [0.29, 0.717) is 19.3 Å². The molecule has 2 atom stereocenters. The standard InChI is InChI=1S/C19H29NO7S/c1-14-6-8-17(9-7-14)28(24,25)27-12-15(5-4-10-21)11-16-13-26-19(2,3)20(16)18(22)23/h6-9,15-16,21H,4-5,10-13H2,1-3H3,(H,22,23)/t15-,16?/m0/s1. The van der Waals surface area contributed by atoms with E-state index in [9.17, 15) is 18.3 Å². The fourth-order valence-electron chi connectivity index (χ4n) is 3.44. The van der Waals surface area contributed by atoms with Gasteiger partial charge in [-0.05, 0) is 58.1 Å². The lowest BCUT2D eigenvalue weighted by Gasteiger charge is -2.32. The van der Waals surface area contributed by atoms with Gasteiger partial charge >= 0.3 is 6.09 Å². The summed E-state index contributed by atoms with van der Waals surface area (Å²) in [6.45, 7) is 5.35. The van der Waals surface area contributed by atoms with E-state index in [4.69, 9.17) is 14.0 Å². The summed E-state index contributed by atoms with van der Waals surface area (Å²) in [6, 6.07) is 5.98. The SMILES string of the molecule is Cc1ccc(S(=O)(=O)OC[C@@H](CCCO)CC2COC(C)(C)N2C(=O)O)cc1. The van der Waals surface area contributed by atoms with E-state index in [0.717, 1.165) is 5.56 Å². The Labute approximate surface area is 166 Å². The normalized spacial score (nSPS) is 20.3. The molecule has 9 heteroatoms. The van der Waals surface area contributed by atoms with Gasteiger partial charge in [-0.1, -0.05) is 17.7 Å². The van der Waals surface area contributed by atoms with E-state index in [2.05, 4.69) is 0 Å². The molecule has 2 N–H and O–H groups in total. The van der Waals surface area contributed by atoms with Crippen molar-refractivity contribution in [2.45, 2.75) is 56.7 Å². The maximum atomic E-state index is 12.4. The van der Waals surface area contributed by atoms with Crippen LogP contribution >= 0.6 is 0 Å². The zero-order valence-corrected chi connectivity index (χ0v) is 17.3. The number of aliphatic hydroxyl groups is 1. The highest BCUT2D eigenvalue weighted by Gasteiger charge is 2.44. The van der Waals surface area contributed by atoms with Crippen molar-refractivity contribution >= 4 is 16.2 Å². The first-order chi connectivity index (χ1) is 13.1. The lowest BCUT2D eigenvalue weighted by Crippen LogP contribution is -2.47. The van der Waals surface area contributed by atoms with E-state index in [1.807, 2.05) is 6.92 Å². The number of carboxylic acid groups (broad SMARTS) is 1. The van der Waals surface area contributed by atoms with Crippen molar-refractivity contribution in [3.05, 3.63) is 29.8 Å². The maximum absolute atomic E-state index is 12.4. The molecule has 1 amide bonds. The molecule has 2 rings (SSSR count). The van der Waals surface area contributed by atoms with Gasteiger partial charge < -0.3 is 14.9 Å². The molecule has 1 heterocycles. The topological polar surface area (TPSA) is 113 Å². The average Bonchev–Trinajstić information content (AvgIpc) is 2.92. The highest BCUT2D eigenvalue weighted by atomic mass is 32.2. The fourth-order valence-corrected chi connectivity index (χ4v) is 4.41. The second kappa shape index (κ2) is 9.21. The molecule has 0 bridgehead atoms. The number of hydrogen-bond donors (Lipinski definition) is 2. The number of aliphatic hydroxyl groups excluding tert-OH is 1. The minimum absolute atomic E-state index is 0.0312. The van der Waals surface area contributed by atoms with Crippen LogP contribution in [0.25, 0.3) is 0 Å². The molecule has 0 saturated carbocycles. The highest BCUT2D eigenvalue weighted by molar-refractivity contribution is 7.86. The van der Waals surface area contributed by atoms with Crippen LogP contribution in [0.15, 0.2) is 29.2 Å². The van der Waals surface area contributed by atoms with Crippen LogP contribution in [0.1, 0.15) is 38.7 Å². The Balaban J connectivity index is 2.07. The van der Waals surface area contributed by atoms with E-state index in [1.165, 1.54) is 17.0 Å². The second-order valence-corrected chi connectivity index (χ2v) is 9.20. The van der Waals surface area contributed by atoms with Crippen molar-refractivity contribution in [3.8, 4) is 0 Å². The second-order valence-electron chi connectivity index (χ2n) is 7.58. The van der Waals surface area contributed by atoms with Crippen LogP contribution in [0.2, 0.25) is 0 Å². The maximum Gasteiger partial charge on any atom is 0.409 e. The number of rotatable bonds is 9. The van der Waals surface area contributed by atoms with Gasteiger partial charge in [0.05, 0.1) is 24.2 Å². The van der Waals surface area contributed by atoms with Gasteiger partial charge in [-0.25, -0.2) is 4.79 Å². The quantitative estimate of drug-likeness (QED) is 0.596. The first-order valence-corrected chi connectivity index (χ1v) is 10.7. The third-order valence-electron chi connectivity index (χ3n) is 4.92. The third kappa shape index (κ3) is 5.66. The van der Waals surface area contributed by atoms with Gasteiger partial charge in [0, 0.05) is 6.61 Å². The van der Waals surface area contributed by atoms with Crippen LogP contribution in [0.4, 0.5) is 4.79 Å². The Bertz CT molecular complexity index is 761. The molecule has 28 heavy (non-hydrogen) atoms. The van der Waals surface area contributed by atoms with E-state index in [-0.39, 0.29) is 30.6 Å². The Morgan fingerprint density at radius 2 is 2.00 bits per heavy atom. The van der Waals surface area contributed by atoms with Crippen LogP contribution < -0.4 is 0 Å². The molecular formula is C19H29NO7S. The molecular weight excluding hydrogens is 386 g/mol. The Kier molecular flexibility index (Phi) is 7.44. The third-order valence-corrected chi connectivity index (χ3v) is 6.22. The van der Waals surface area contributed by atoms with Gasteiger partial charge in [0.25, 0.3) is 10.1 Å². The molecule has 1 fully saturated rings. The molecule has 1 saturated heterocycles. The molecule has 8 nitrogen and oxygen atoms in total. The first kappa shape index (κ1) is 22.6. The summed E-state index contributed by atoms with van der Waals surface area (Å²) in [6.07, 6.45) is 0.299. The minimum Gasteiger partial charge on any atom is -0.465 e. The van der Waals surface area contributed by atoms with Crippen molar-refractivity contribution in [3.63, 3.8) is 0 Å². The van der Waals surface area contributed by atoms with E-state index >= 15 is 0 Å². The summed E-state index contributed by atoms with van der Waals surface area (Å²) >= 11 is 0. The lowest BCUT2D eigenvalue weighted by atomic mass is 9.95. The Hall–Kier alpha value is -1.68. The van der Waals surface area contributed by atoms with Crippen LogP contribution in [0.3, 0.4) is 0 Å². The monoisotopic (exact) mass is 415 g/mol. The summed E-state index contributed by atoms with van der Waals surface area (Å²) < 4.78 is 35.7. The highest BCUT2D eigenvalue weighted by Crippen LogP contribution is 2.32. The molecule has 1 unspecified atom stereocenters. The molecule has 0 spiro atoms. The molecule has 158 valence electrons. The van der Waals surface area contributed by atoms with Gasteiger partial charge in [0.2, 0.25) is 0 Å². The van der Waals surface area contributed by atoms with Crippen molar-refractivity contribution in [2.24, 2.45) is 5.92 Å². The van der Waals surface area contributed by atoms with Crippen molar-refractivity contribution in [1.29, 1.82) is 0 Å². The van der Waals surface area contributed by atoms with Crippen LogP contribution in [0, 0.1) is 12.8 Å². The van der Waals surface area contributed by atoms with Gasteiger partial charge in [-0.2, -0.15) is 8.42 Å². The predicted octanol–water partition coefficient (Wildman–Crippen LogP) is 2.59. The van der Waals surface area contributed by atoms with Crippen molar-refractivity contribution in [2.75, 3.05) is 19.8 Å². The summed E-state index contributed by atoms with van der Waals surface area (Å²) in [5.74, 6) is -0.239. The van der Waals surface area contributed by atoms with Crippen LogP contribution in [0.5, 0.6) is 0 Å². The zero-order valence-electron chi connectivity index (χ0n) is 16.5. The number of carbonyl (C=O) groups is 1. The fraction of sp³-hybridized carbons (Fsp3) is 0.632. The summed E-state index contributed by atoms with van der Waals surface area (Å²) in [5.41, 5.74) is 0.00438. The molecule has 0 radical (unpaired) electrons. The largest absolute Gasteiger partial charge is 0.465 e. The van der Waals surface area contributed by atoms with E-state index in [1.54, 1.807) is 26.0 Å². The molecule has 1 aliphatic rings. The van der Waals surface area contributed by atoms with Gasteiger partial charge in [-0.3, -0.25) is 9.08 Å². The smallest absolute Gasteiger partial charge is 0.409 e. The first-order valence-electron chi connectivity index (χ1n) is 9.30. The molecule has 0 aliphatic carbocycles. The van der Waals surface area contributed by atoms with Crippen molar-refractivity contribution in [1.82, 2.24) is 4.90 Å². The predicted molar refractivity (Wildman–Crippen MR) is 102 cm³/mol. The number of amides is 1. The van der Waals surface area contributed by atoms with Gasteiger partial charge in [-0.15, -0.1) is 0 Å². The summed E-state index contributed by atoms with van der Waals surface area (Å²) in [7, 11) is -3.91. The average molecular weight is 416 g/mol. The number of ether oxygens (including phenoxy) is 1. The lowest BCUT2D eigenvalue weighted by molar-refractivity contribution is -0.0426. The zero-order chi connectivity index (χ0) is 20.9. The number of hydrogen-bond acceptors (Lipinski definition) is 6.